The lowest BCUT2D eigenvalue weighted by Gasteiger charge is -2.10. The van der Waals surface area contributed by atoms with Crippen LogP contribution in [0.3, 0.4) is 0 Å². The van der Waals surface area contributed by atoms with Crippen molar-refractivity contribution in [2.24, 2.45) is 0 Å². The molecule has 0 saturated heterocycles. The quantitative estimate of drug-likeness (QED) is 0.562. The van der Waals surface area contributed by atoms with Crippen LogP contribution in [0.5, 0.6) is 11.5 Å². The Labute approximate surface area is 151 Å². The third-order valence-corrected chi connectivity index (χ3v) is 4.66. The van der Waals surface area contributed by atoms with Crippen LogP contribution >= 0.6 is 11.8 Å². The molecule has 25 heavy (non-hydrogen) atoms. The Morgan fingerprint density at radius 3 is 2.40 bits per heavy atom. The second-order valence-electron chi connectivity index (χ2n) is 5.35. The molecule has 3 rings (SSSR count). The molecular formula is C21H18O3S. The third kappa shape index (κ3) is 4.88. The summed E-state index contributed by atoms with van der Waals surface area (Å²) in [5.74, 6) is 1.34. The van der Waals surface area contributed by atoms with Crippen LogP contribution in [-0.4, -0.2) is 13.1 Å². The van der Waals surface area contributed by atoms with Crippen LogP contribution in [0.15, 0.2) is 88.7 Å². The first-order valence-corrected chi connectivity index (χ1v) is 8.72. The van der Waals surface area contributed by atoms with E-state index in [1.54, 1.807) is 11.8 Å². The van der Waals surface area contributed by atoms with E-state index in [1.807, 2.05) is 78.9 Å². The van der Waals surface area contributed by atoms with Crippen molar-refractivity contribution in [3.8, 4) is 11.5 Å². The summed E-state index contributed by atoms with van der Waals surface area (Å²) in [5, 5.41) is 0. The zero-order valence-corrected chi connectivity index (χ0v) is 14.7. The van der Waals surface area contributed by atoms with Crippen LogP contribution in [0.1, 0.15) is 5.56 Å². The van der Waals surface area contributed by atoms with Crippen molar-refractivity contribution in [3.05, 3.63) is 84.4 Å². The van der Waals surface area contributed by atoms with Gasteiger partial charge in [0.25, 0.3) is 0 Å². The zero-order valence-electron chi connectivity index (χ0n) is 13.8. The first-order chi connectivity index (χ1) is 12.2. The van der Waals surface area contributed by atoms with Gasteiger partial charge in [-0.3, -0.25) is 4.79 Å². The van der Waals surface area contributed by atoms with Gasteiger partial charge in [-0.2, -0.15) is 0 Å². The summed E-state index contributed by atoms with van der Waals surface area (Å²) in [6.45, 7) is 0. The predicted molar refractivity (Wildman–Crippen MR) is 99.2 cm³/mol. The van der Waals surface area contributed by atoms with E-state index in [9.17, 15) is 4.79 Å². The summed E-state index contributed by atoms with van der Waals surface area (Å²) in [6, 6.07) is 25.4. The lowest BCUT2D eigenvalue weighted by molar-refractivity contribution is -0.139. The second kappa shape index (κ2) is 8.40. The molecule has 0 aliphatic rings. The highest BCUT2D eigenvalue weighted by atomic mass is 32.2. The van der Waals surface area contributed by atoms with E-state index in [2.05, 4.69) is 0 Å². The maximum atomic E-state index is 11.6. The fourth-order valence-corrected chi connectivity index (χ4v) is 3.32. The highest BCUT2D eigenvalue weighted by Crippen LogP contribution is 2.33. The van der Waals surface area contributed by atoms with Crippen molar-refractivity contribution in [2.45, 2.75) is 16.2 Å². The first kappa shape index (κ1) is 17.1. The molecule has 0 spiro atoms. The molecule has 0 bridgehead atoms. The molecular weight excluding hydrogens is 332 g/mol. The topological polar surface area (TPSA) is 35.5 Å². The summed E-state index contributed by atoms with van der Waals surface area (Å²) < 4.78 is 10.7. The number of carbonyl (C=O) groups is 1. The minimum atomic E-state index is -0.241. The molecule has 0 aromatic heterocycles. The van der Waals surface area contributed by atoms with Crippen molar-refractivity contribution in [2.75, 3.05) is 7.11 Å². The molecule has 0 saturated carbocycles. The van der Waals surface area contributed by atoms with Crippen molar-refractivity contribution in [1.82, 2.24) is 0 Å². The lowest BCUT2D eigenvalue weighted by Crippen LogP contribution is -2.05. The molecule has 0 heterocycles. The summed E-state index contributed by atoms with van der Waals surface area (Å²) >= 11 is 1.60. The largest absolute Gasteiger partial charge is 0.469 e. The van der Waals surface area contributed by atoms with E-state index in [1.165, 1.54) is 7.11 Å². The van der Waals surface area contributed by atoms with E-state index in [0.29, 0.717) is 0 Å². The molecule has 0 aliphatic heterocycles. The molecule has 4 heteroatoms. The smallest absolute Gasteiger partial charge is 0.310 e. The summed E-state index contributed by atoms with van der Waals surface area (Å²) in [6.07, 6.45) is 0.264. The summed E-state index contributed by atoms with van der Waals surface area (Å²) in [7, 11) is 1.41. The number of carbonyl (C=O) groups excluding carboxylic acids is 1. The minimum absolute atomic E-state index is 0.241. The Morgan fingerprint density at radius 2 is 1.60 bits per heavy atom. The molecule has 0 unspecified atom stereocenters. The number of para-hydroxylation sites is 1. The maximum absolute atomic E-state index is 11.6. The Kier molecular flexibility index (Phi) is 5.75. The third-order valence-electron chi connectivity index (χ3n) is 3.55. The summed E-state index contributed by atoms with van der Waals surface area (Å²) in [4.78, 5) is 13.7. The van der Waals surface area contributed by atoms with Gasteiger partial charge in [0.05, 0.1) is 13.5 Å². The van der Waals surface area contributed by atoms with Gasteiger partial charge in [-0.25, -0.2) is 0 Å². The van der Waals surface area contributed by atoms with Gasteiger partial charge in [-0.15, -0.1) is 0 Å². The van der Waals surface area contributed by atoms with E-state index in [-0.39, 0.29) is 12.4 Å². The highest BCUT2D eigenvalue weighted by Gasteiger charge is 2.09. The van der Waals surface area contributed by atoms with Gasteiger partial charge < -0.3 is 9.47 Å². The molecule has 0 aliphatic carbocycles. The standard InChI is InChI=1S/C21H18O3S/c1-23-21(22)14-16-8-5-6-13-20(16)25-19-12-7-11-18(15-19)24-17-9-3-2-4-10-17/h2-13,15H,14H2,1H3. The van der Waals surface area contributed by atoms with Gasteiger partial charge in [-0.05, 0) is 42.0 Å². The maximum Gasteiger partial charge on any atom is 0.310 e. The number of hydrogen-bond acceptors (Lipinski definition) is 4. The van der Waals surface area contributed by atoms with Crippen LogP contribution in [-0.2, 0) is 16.0 Å². The van der Waals surface area contributed by atoms with E-state index >= 15 is 0 Å². The lowest BCUT2D eigenvalue weighted by atomic mass is 10.1. The van der Waals surface area contributed by atoms with Gasteiger partial charge in [0.2, 0.25) is 0 Å². The first-order valence-electron chi connectivity index (χ1n) is 7.90. The number of esters is 1. The van der Waals surface area contributed by atoms with E-state index in [0.717, 1.165) is 26.9 Å². The Balaban J connectivity index is 1.77. The average Bonchev–Trinajstić information content (AvgIpc) is 2.64. The van der Waals surface area contributed by atoms with Crippen LogP contribution < -0.4 is 4.74 Å². The number of hydrogen-bond donors (Lipinski definition) is 0. The fourth-order valence-electron chi connectivity index (χ4n) is 2.33. The fraction of sp³-hybridized carbons (Fsp3) is 0.0952. The predicted octanol–water partition coefficient (Wildman–Crippen LogP) is 5.35. The molecule has 0 atom stereocenters. The van der Waals surface area contributed by atoms with Gasteiger partial charge in [0, 0.05) is 9.79 Å². The monoisotopic (exact) mass is 350 g/mol. The van der Waals surface area contributed by atoms with Crippen LogP contribution in [0, 0.1) is 0 Å². The van der Waals surface area contributed by atoms with Crippen LogP contribution in [0.25, 0.3) is 0 Å². The number of methoxy groups -OCH3 is 1. The van der Waals surface area contributed by atoms with Crippen LogP contribution in [0.4, 0.5) is 0 Å². The molecule has 3 aromatic carbocycles. The zero-order chi connectivity index (χ0) is 17.5. The van der Waals surface area contributed by atoms with Gasteiger partial charge >= 0.3 is 5.97 Å². The van der Waals surface area contributed by atoms with Crippen molar-refractivity contribution in [3.63, 3.8) is 0 Å². The normalized spacial score (nSPS) is 10.3. The molecule has 0 radical (unpaired) electrons. The van der Waals surface area contributed by atoms with Crippen molar-refractivity contribution < 1.29 is 14.3 Å². The summed E-state index contributed by atoms with van der Waals surface area (Å²) in [5.41, 5.74) is 0.953. The minimum Gasteiger partial charge on any atom is -0.469 e. The number of benzene rings is 3. The highest BCUT2D eigenvalue weighted by molar-refractivity contribution is 7.99. The van der Waals surface area contributed by atoms with Crippen molar-refractivity contribution >= 4 is 17.7 Å². The van der Waals surface area contributed by atoms with E-state index in [4.69, 9.17) is 9.47 Å². The molecule has 126 valence electrons. The molecule has 0 N–H and O–H groups in total. The Morgan fingerprint density at radius 1 is 0.880 bits per heavy atom. The molecule has 3 nitrogen and oxygen atoms in total. The Bertz CT molecular complexity index is 847. The van der Waals surface area contributed by atoms with Crippen molar-refractivity contribution in [1.29, 1.82) is 0 Å². The van der Waals surface area contributed by atoms with Gasteiger partial charge in [0.1, 0.15) is 11.5 Å². The molecule has 0 fully saturated rings. The Hall–Kier alpha value is -2.72. The van der Waals surface area contributed by atoms with Crippen LogP contribution in [0.2, 0.25) is 0 Å². The SMILES string of the molecule is COC(=O)Cc1ccccc1Sc1cccc(Oc2ccccc2)c1. The molecule has 3 aromatic rings. The van der Waals surface area contributed by atoms with E-state index < -0.39 is 0 Å². The second-order valence-corrected chi connectivity index (χ2v) is 6.47. The number of ether oxygens (including phenoxy) is 2. The van der Waals surface area contributed by atoms with Gasteiger partial charge in [0.15, 0.2) is 0 Å². The average molecular weight is 350 g/mol. The number of rotatable bonds is 6. The molecule has 0 amide bonds. The van der Waals surface area contributed by atoms with Gasteiger partial charge in [-0.1, -0.05) is 54.2 Å².